The molecule has 2 heterocycles. The molecule has 0 amide bonds. The van der Waals surface area contributed by atoms with Crippen LogP contribution in [0.5, 0.6) is 0 Å². The van der Waals surface area contributed by atoms with Gasteiger partial charge < -0.3 is 9.73 Å². The standard InChI is InChI=1S/C9H9Br2N3OS/c1-12-3-2-7-13-14-9(15-7)5-4-6(10)16-8(5)11/h4,12H,2-3H2,1H3. The largest absolute Gasteiger partial charge is 0.421 e. The highest BCUT2D eigenvalue weighted by Crippen LogP contribution is 2.37. The van der Waals surface area contributed by atoms with Crippen LogP contribution in [0.2, 0.25) is 0 Å². The quantitative estimate of drug-likeness (QED) is 0.903. The summed E-state index contributed by atoms with van der Waals surface area (Å²) in [5.74, 6) is 1.21. The predicted octanol–water partition coefficient (Wildman–Crippen LogP) is 3.09. The van der Waals surface area contributed by atoms with E-state index >= 15 is 0 Å². The van der Waals surface area contributed by atoms with E-state index in [2.05, 4.69) is 47.4 Å². The van der Waals surface area contributed by atoms with Crippen molar-refractivity contribution in [2.75, 3.05) is 13.6 Å². The molecule has 0 aliphatic carbocycles. The van der Waals surface area contributed by atoms with E-state index in [1.165, 1.54) is 0 Å². The topological polar surface area (TPSA) is 51.0 Å². The van der Waals surface area contributed by atoms with E-state index < -0.39 is 0 Å². The Balaban J connectivity index is 2.21. The van der Waals surface area contributed by atoms with Crippen LogP contribution < -0.4 is 5.32 Å². The third-order valence-electron chi connectivity index (χ3n) is 1.94. The molecule has 0 radical (unpaired) electrons. The first-order chi connectivity index (χ1) is 7.70. The van der Waals surface area contributed by atoms with Gasteiger partial charge in [0.1, 0.15) is 0 Å². The van der Waals surface area contributed by atoms with E-state index in [1.54, 1.807) is 11.3 Å². The summed E-state index contributed by atoms with van der Waals surface area (Å²) < 4.78 is 7.58. The number of thiophene rings is 1. The summed E-state index contributed by atoms with van der Waals surface area (Å²) in [6, 6.07) is 1.96. The third kappa shape index (κ3) is 2.71. The Hall–Kier alpha value is -0.240. The number of halogens is 2. The van der Waals surface area contributed by atoms with E-state index in [0.717, 1.165) is 26.1 Å². The van der Waals surface area contributed by atoms with Crippen molar-refractivity contribution < 1.29 is 4.42 Å². The Morgan fingerprint density at radius 3 is 2.88 bits per heavy atom. The molecule has 4 nitrogen and oxygen atoms in total. The van der Waals surface area contributed by atoms with Gasteiger partial charge in [-0.25, -0.2) is 0 Å². The number of aromatic nitrogens is 2. The average Bonchev–Trinajstić information content (AvgIpc) is 2.82. The van der Waals surface area contributed by atoms with Crippen LogP contribution in [0.25, 0.3) is 11.5 Å². The van der Waals surface area contributed by atoms with Crippen LogP contribution in [0.1, 0.15) is 5.89 Å². The lowest BCUT2D eigenvalue weighted by Crippen LogP contribution is -2.10. The molecule has 0 saturated heterocycles. The SMILES string of the molecule is CNCCc1nnc(-c2cc(Br)sc2Br)o1. The lowest BCUT2D eigenvalue weighted by molar-refractivity contribution is 0.500. The number of hydrogen-bond acceptors (Lipinski definition) is 5. The number of rotatable bonds is 4. The van der Waals surface area contributed by atoms with Crippen LogP contribution in [-0.2, 0) is 6.42 Å². The molecule has 0 spiro atoms. The van der Waals surface area contributed by atoms with Gasteiger partial charge in [0, 0.05) is 13.0 Å². The third-order valence-corrected chi connectivity index (χ3v) is 4.28. The second kappa shape index (κ2) is 5.39. The first-order valence-electron chi connectivity index (χ1n) is 4.63. The Bertz CT molecular complexity index is 483. The predicted molar refractivity (Wildman–Crippen MR) is 70.6 cm³/mol. The Kier molecular flexibility index (Phi) is 4.12. The van der Waals surface area contributed by atoms with Gasteiger partial charge in [0.2, 0.25) is 11.8 Å². The van der Waals surface area contributed by atoms with Crippen LogP contribution >= 0.6 is 43.2 Å². The molecule has 0 saturated carbocycles. The number of likely N-dealkylation sites (N-methyl/N-ethyl adjacent to an activating group) is 1. The minimum atomic E-state index is 0.555. The molecule has 0 fully saturated rings. The van der Waals surface area contributed by atoms with Gasteiger partial charge >= 0.3 is 0 Å². The molecule has 0 atom stereocenters. The van der Waals surface area contributed by atoms with Gasteiger partial charge in [-0.05, 0) is 45.0 Å². The highest BCUT2D eigenvalue weighted by atomic mass is 79.9. The molecule has 0 aromatic carbocycles. The van der Waals surface area contributed by atoms with Crippen molar-refractivity contribution in [3.8, 4) is 11.5 Å². The van der Waals surface area contributed by atoms with Crippen molar-refractivity contribution in [2.45, 2.75) is 6.42 Å². The molecule has 86 valence electrons. The number of nitrogens with one attached hydrogen (secondary N) is 1. The van der Waals surface area contributed by atoms with Crippen molar-refractivity contribution >= 4 is 43.2 Å². The maximum atomic E-state index is 5.56. The molecule has 1 N–H and O–H groups in total. The zero-order valence-electron chi connectivity index (χ0n) is 8.46. The Labute approximate surface area is 114 Å². The minimum Gasteiger partial charge on any atom is -0.421 e. The second-order valence-corrected chi connectivity index (χ2v) is 6.84. The average molecular weight is 367 g/mol. The molecule has 7 heteroatoms. The van der Waals surface area contributed by atoms with Gasteiger partial charge in [-0.3, -0.25) is 0 Å². The van der Waals surface area contributed by atoms with Crippen molar-refractivity contribution in [3.05, 3.63) is 19.5 Å². The molecule has 2 aromatic rings. The Morgan fingerprint density at radius 1 is 1.44 bits per heavy atom. The molecule has 0 aliphatic heterocycles. The lowest BCUT2D eigenvalue weighted by atomic mass is 10.3. The minimum absolute atomic E-state index is 0.555. The fourth-order valence-corrected chi connectivity index (χ4v) is 3.96. The van der Waals surface area contributed by atoms with Gasteiger partial charge in [-0.15, -0.1) is 21.5 Å². The Morgan fingerprint density at radius 2 is 2.25 bits per heavy atom. The van der Waals surface area contributed by atoms with Crippen LogP contribution in [0, 0.1) is 0 Å². The number of hydrogen-bond donors (Lipinski definition) is 1. The van der Waals surface area contributed by atoms with Crippen molar-refractivity contribution in [1.82, 2.24) is 15.5 Å². The smallest absolute Gasteiger partial charge is 0.249 e. The highest BCUT2D eigenvalue weighted by molar-refractivity contribution is 9.12. The van der Waals surface area contributed by atoms with Gasteiger partial charge in [0.15, 0.2) is 0 Å². The number of nitrogens with zero attached hydrogens (tertiary/aromatic N) is 2. The molecule has 0 unspecified atom stereocenters. The molecule has 0 aliphatic rings. The van der Waals surface area contributed by atoms with Gasteiger partial charge in [-0.1, -0.05) is 0 Å². The molecule has 2 aromatic heterocycles. The maximum absolute atomic E-state index is 5.56. The fraction of sp³-hybridized carbons (Fsp3) is 0.333. The maximum Gasteiger partial charge on any atom is 0.249 e. The van der Waals surface area contributed by atoms with Crippen LogP contribution in [0.15, 0.2) is 18.1 Å². The van der Waals surface area contributed by atoms with Gasteiger partial charge in [-0.2, -0.15) is 0 Å². The second-order valence-electron chi connectivity index (χ2n) is 3.09. The lowest BCUT2D eigenvalue weighted by Gasteiger charge is -1.92. The molecular formula is C9H9Br2N3OS. The van der Waals surface area contributed by atoms with Crippen molar-refractivity contribution in [3.63, 3.8) is 0 Å². The highest BCUT2D eigenvalue weighted by Gasteiger charge is 2.14. The van der Waals surface area contributed by atoms with Crippen molar-refractivity contribution in [1.29, 1.82) is 0 Å². The van der Waals surface area contributed by atoms with E-state index in [4.69, 9.17) is 4.42 Å². The molecule has 2 rings (SSSR count). The van der Waals surface area contributed by atoms with E-state index in [1.807, 2.05) is 13.1 Å². The van der Waals surface area contributed by atoms with E-state index in [0.29, 0.717) is 11.8 Å². The summed E-state index contributed by atoms with van der Waals surface area (Å²) in [7, 11) is 1.89. The first-order valence-corrected chi connectivity index (χ1v) is 7.03. The van der Waals surface area contributed by atoms with Crippen LogP contribution in [0.3, 0.4) is 0 Å². The normalized spacial score (nSPS) is 10.9. The van der Waals surface area contributed by atoms with Gasteiger partial charge in [0.25, 0.3) is 0 Å². The van der Waals surface area contributed by atoms with E-state index in [-0.39, 0.29) is 0 Å². The molecule has 16 heavy (non-hydrogen) atoms. The summed E-state index contributed by atoms with van der Waals surface area (Å²) in [6.45, 7) is 0.829. The van der Waals surface area contributed by atoms with Crippen LogP contribution in [-0.4, -0.2) is 23.8 Å². The zero-order chi connectivity index (χ0) is 11.5. The van der Waals surface area contributed by atoms with Gasteiger partial charge in [0.05, 0.1) is 13.1 Å². The molecule has 0 bridgehead atoms. The summed E-state index contributed by atoms with van der Waals surface area (Å²) in [4.78, 5) is 0. The molecular weight excluding hydrogens is 358 g/mol. The van der Waals surface area contributed by atoms with E-state index in [9.17, 15) is 0 Å². The zero-order valence-corrected chi connectivity index (χ0v) is 12.4. The van der Waals surface area contributed by atoms with Crippen LogP contribution in [0.4, 0.5) is 0 Å². The summed E-state index contributed by atoms with van der Waals surface area (Å²) in [6.07, 6.45) is 0.742. The summed E-state index contributed by atoms with van der Waals surface area (Å²) in [5.41, 5.74) is 0.931. The monoisotopic (exact) mass is 365 g/mol. The summed E-state index contributed by atoms with van der Waals surface area (Å²) >= 11 is 8.47. The fourth-order valence-electron chi connectivity index (χ4n) is 1.18. The first kappa shape index (κ1) is 12.2. The van der Waals surface area contributed by atoms with Crippen molar-refractivity contribution in [2.24, 2.45) is 0 Å². The summed E-state index contributed by atoms with van der Waals surface area (Å²) in [5, 5.41) is 11.1.